The van der Waals surface area contributed by atoms with E-state index < -0.39 is 23.8 Å². The maximum absolute atomic E-state index is 11.1. The molecule has 72 valence electrons. The monoisotopic (exact) mass is 185 g/mol. The van der Waals surface area contributed by atoms with Gasteiger partial charge in [-0.25, -0.2) is 0 Å². The van der Waals surface area contributed by atoms with Gasteiger partial charge in [0.25, 0.3) is 0 Å². The SMILES string of the molecule is CC1C(=O)NC(=O)CN1CC(N)=O. The second-order valence-electron chi connectivity index (χ2n) is 2.96. The summed E-state index contributed by atoms with van der Waals surface area (Å²) in [6.45, 7) is 1.58. The standard InChI is InChI=1S/C7H11N3O3/c1-4-7(13)9-6(12)3-10(4)2-5(8)11/h4H,2-3H2,1H3,(H2,8,11)(H,9,12,13). The van der Waals surface area contributed by atoms with Gasteiger partial charge in [-0.05, 0) is 6.92 Å². The van der Waals surface area contributed by atoms with Crippen LogP contribution in [0.15, 0.2) is 0 Å². The fourth-order valence-corrected chi connectivity index (χ4v) is 1.16. The third-order valence-corrected chi connectivity index (χ3v) is 1.90. The van der Waals surface area contributed by atoms with E-state index in [9.17, 15) is 14.4 Å². The van der Waals surface area contributed by atoms with Gasteiger partial charge in [-0.3, -0.25) is 24.6 Å². The largest absolute Gasteiger partial charge is 0.369 e. The molecule has 0 saturated carbocycles. The van der Waals surface area contributed by atoms with E-state index in [-0.39, 0.29) is 13.1 Å². The van der Waals surface area contributed by atoms with Crippen molar-refractivity contribution in [3.8, 4) is 0 Å². The second kappa shape index (κ2) is 3.53. The van der Waals surface area contributed by atoms with Crippen molar-refractivity contribution in [2.75, 3.05) is 13.1 Å². The van der Waals surface area contributed by atoms with Gasteiger partial charge in [0, 0.05) is 0 Å². The van der Waals surface area contributed by atoms with E-state index in [4.69, 9.17) is 5.73 Å². The summed E-state index contributed by atoms with van der Waals surface area (Å²) in [6.07, 6.45) is 0. The van der Waals surface area contributed by atoms with Crippen LogP contribution in [0.3, 0.4) is 0 Å². The molecule has 0 aromatic rings. The highest BCUT2D eigenvalue weighted by atomic mass is 16.2. The van der Waals surface area contributed by atoms with Crippen molar-refractivity contribution in [1.82, 2.24) is 10.2 Å². The minimum absolute atomic E-state index is 0.0375. The summed E-state index contributed by atoms with van der Waals surface area (Å²) < 4.78 is 0. The zero-order valence-electron chi connectivity index (χ0n) is 7.24. The van der Waals surface area contributed by atoms with Gasteiger partial charge in [0.15, 0.2) is 0 Å². The van der Waals surface area contributed by atoms with Crippen molar-refractivity contribution < 1.29 is 14.4 Å². The molecule has 1 aliphatic rings. The van der Waals surface area contributed by atoms with Crippen LogP contribution in [-0.4, -0.2) is 41.8 Å². The molecule has 1 rings (SSSR count). The molecule has 0 aromatic carbocycles. The third-order valence-electron chi connectivity index (χ3n) is 1.90. The Morgan fingerprint density at radius 3 is 2.85 bits per heavy atom. The van der Waals surface area contributed by atoms with Crippen molar-refractivity contribution in [2.24, 2.45) is 5.73 Å². The fourth-order valence-electron chi connectivity index (χ4n) is 1.16. The summed E-state index contributed by atoms with van der Waals surface area (Å²) in [7, 11) is 0. The van der Waals surface area contributed by atoms with E-state index in [2.05, 4.69) is 5.32 Å². The number of nitrogens with one attached hydrogen (secondary N) is 1. The molecular weight excluding hydrogens is 174 g/mol. The highest BCUT2D eigenvalue weighted by Crippen LogP contribution is 2.02. The molecule has 3 amide bonds. The molecule has 1 unspecified atom stereocenters. The van der Waals surface area contributed by atoms with Crippen molar-refractivity contribution in [3.63, 3.8) is 0 Å². The first-order chi connectivity index (χ1) is 6.00. The number of rotatable bonds is 2. The molecule has 1 fully saturated rings. The first-order valence-corrected chi connectivity index (χ1v) is 3.86. The number of hydrogen-bond acceptors (Lipinski definition) is 4. The quantitative estimate of drug-likeness (QED) is 0.478. The Kier molecular flexibility index (Phi) is 2.62. The van der Waals surface area contributed by atoms with Gasteiger partial charge in [0.2, 0.25) is 17.7 Å². The fraction of sp³-hybridized carbons (Fsp3) is 0.571. The Morgan fingerprint density at radius 2 is 2.31 bits per heavy atom. The topological polar surface area (TPSA) is 92.5 Å². The van der Waals surface area contributed by atoms with E-state index >= 15 is 0 Å². The Hall–Kier alpha value is -1.43. The average molecular weight is 185 g/mol. The molecule has 1 saturated heterocycles. The summed E-state index contributed by atoms with van der Waals surface area (Å²) in [5, 5.41) is 2.16. The zero-order valence-corrected chi connectivity index (χ0v) is 7.24. The predicted octanol–water partition coefficient (Wildman–Crippen LogP) is -2.18. The Morgan fingerprint density at radius 1 is 1.69 bits per heavy atom. The smallest absolute Gasteiger partial charge is 0.243 e. The van der Waals surface area contributed by atoms with E-state index in [0.29, 0.717) is 0 Å². The summed E-state index contributed by atoms with van der Waals surface area (Å²) in [6, 6.07) is -0.481. The molecule has 1 aliphatic heterocycles. The van der Waals surface area contributed by atoms with Crippen LogP contribution in [0.4, 0.5) is 0 Å². The molecule has 1 atom stereocenters. The maximum Gasteiger partial charge on any atom is 0.243 e. The number of amides is 3. The lowest BCUT2D eigenvalue weighted by molar-refractivity contribution is -0.140. The van der Waals surface area contributed by atoms with Gasteiger partial charge >= 0.3 is 0 Å². The maximum atomic E-state index is 11.1. The molecule has 13 heavy (non-hydrogen) atoms. The number of piperazine rings is 1. The molecule has 6 nitrogen and oxygen atoms in total. The highest BCUT2D eigenvalue weighted by molar-refractivity contribution is 6.01. The lowest BCUT2D eigenvalue weighted by Gasteiger charge is -2.30. The number of hydrogen-bond donors (Lipinski definition) is 2. The average Bonchev–Trinajstić information content (AvgIpc) is 1.98. The lowest BCUT2D eigenvalue weighted by atomic mass is 10.2. The van der Waals surface area contributed by atoms with Gasteiger partial charge in [0.05, 0.1) is 19.1 Å². The number of carbonyl (C=O) groups is 3. The zero-order chi connectivity index (χ0) is 10.0. The minimum atomic E-state index is -0.547. The minimum Gasteiger partial charge on any atom is -0.369 e. The Bertz CT molecular complexity index is 262. The Labute approximate surface area is 75.1 Å². The molecule has 0 radical (unpaired) electrons. The van der Waals surface area contributed by atoms with E-state index in [0.717, 1.165) is 0 Å². The molecule has 0 bridgehead atoms. The molecule has 3 N–H and O–H groups in total. The van der Waals surface area contributed by atoms with Crippen LogP contribution in [-0.2, 0) is 14.4 Å². The van der Waals surface area contributed by atoms with Crippen LogP contribution in [0.5, 0.6) is 0 Å². The van der Waals surface area contributed by atoms with E-state index in [1.54, 1.807) is 6.92 Å². The predicted molar refractivity (Wildman–Crippen MR) is 43.4 cm³/mol. The third kappa shape index (κ3) is 2.25. The van der Waals surface area contributed by atoms with Gasteiger partial charge in [-0.1, -0.05) is 0 Å². The second-order valence-corrected chi connectivity index (χ2v) is 2.96. The van der Waals surface area contributed by atoms with Crippen molar-refractivity contribution in [1.29, 1.82) is 0 Å². The number of primary amides is 1. The molecule has 0 aromatic heterocycles. The van der Waals surface area contributed by atoms with Gasteiger partial charge < -0.3 is 5.73 Å². The van der Waals surface area contributed by atoms with Crippen LogP contribution in [0.1, 0.15) is 6.92 Å². The number of nitrogens with zero attached hydrogens (tertiary/aromatic N) is 1. The number of imide groups is 1. The van der Waals surface area contributed by atoms with Crippen LogP contribution >= 0.6 is 0 Å². The molecule has 0 aliphatic carbocycles. The lowest BCUT2D eigenvalue weighted by Crippen LogP contribution is -2.58. The van der Waals surface area contributed by atoms with Gasteiger partial charge in [0.1, 0.15) is 0 Å². The van der Waals surface area contributed by atoms with Crippen LogP contribution in [0.25, 0.3) is 0 Å². The Balaban J connectivity index is 2.66. The molecule has 0 spiro atoms. The van der Waals surface area contributed by atoms with E-state index in [1.165, 1.54) is 4.90 Å². The van der Waals surface area contributed by atoms with Crippen molar-refractivity contribution in [3.05, 3.63) is 0 Å². The van der Waals surface area contributed by atoms with Crippen LogP contribution in [0, 0.1) is 0 Å². The summed E-state index contributed by atoms with van der Waals surface area (Å²) in [5.41, 5.74) is 4.95. The molecule has 6 heteroatoms. The summed E-state index contributed by atoms with van der Waals surface area (Å²) in [5.74, 6) is -1.34. The first kappa shape index (κ1) is 9.66. The number of nitrogens with two attached hydrogens (primary N) is 1. The van der Waals surface area contributed by atoms with Crippen LogP contribution in [0.2, 0.25) is 0 Å². The first-order valence-electron chi connectivity index (χ1n) is 3.86. The molecule has 1 heterocycles. The van der Waals surface area contributed by atoms with Gasteiger partial charge in [-0.15, -0.1) is 0 Å². The summed E-state index contributed by atoms with van der Waals surface area (Å²) in [4.78, 5) is 34.0. The van der Waals surface area contributed by atoms with Crippen LogP contribution < -0.4 is 11.1 Å². The van der Waals surface area contributed by atoms with Crippen molar-refractivity contribution >= 4 is 17.7 Å². The normalized spacial score (nSPS) is 24.2. The van der Waals surface area contributed by atoms with E-state index in [1.807, 2.05) is 0 Å². The highest BCUT2D eigenvalue weighted by Gasteiger charge is 2.30. The number of carbonyl (C=O) groups excluding carboxylic acids is 3. The van der Waals surface area contributed by atoms with Crippen molar-refractivity contribution in [2.45, 2.75) is 13.0 Å². The molecular formula is C7H11N3O3. The summed E-state index contributed by atoms with van der Waals surface area (Å²) >= 11 is 0. The van der Waals surface area contributed by atoms with Gasteiger partial charge in [-0.2, -0.15) is 0 Å².